The van der Waals surface area contributed by atoms with Crippen LogP contribution in [0.25, 0.3) is 5.69 Å². The van der Waals surface area contributed by atoms with E-state index in [9.17, 15) is 19.2 Å². The van der Waals surface area contributed by atoms with Gasteiger partial charge in [-0.1, -0.05) is 47.6 Å². The van der Waals surface area contributed by atoms with E-state index in [1.54, 1.807) is 60.7 Å². The van der Waals surface area contributed by atoms with Gasteiger partial charge in [0, 0.05) is 25.5 Å². The summed E-state index contributed by atoms with van der Waals surface area (Å²) in [5, 5.41) is 12.3. The lowest BCUT2D eigenvalue weighted by Crippen LogP contribution is -2.29. The van der Waals surface area contributed by atoms with Gasteiger partial charge in [-0.05, 0) is 48.9 Å². The summed E-state index contributed by atoms with van der Waals surface area (Å²) in [7, 11) is 1.53. The molecule has 2 heterocycles. The Kier molecular flexibility index (Phi) is 8.69. The van der Waals surface area contributed by atoms with Gasteiger partial charge < -0.3 is 10.1 Å². The van der Waals surface area contributed by atoms with Crippen LogP contribution >= 0.6 is 23.4 Å². The van der Waals surface area contributed by atoms with E-state index < -0.39 is 11.8 Å². The third kappa shape index (κ3) is 5.93. The lowest BCUT2D eigenvalue weighted by Gasteiger charge is -2.15. The van der Waals surface area contributed by atoms with Crippen molar-refractivity contribution in [2.45, 2.75) is 24.9 Å². The number of ketones is 1. The molecule has 0 aliphatic carbocycles. The number of hydrogen-bond donors (Lipinski definition) is 1. The van der Waals surface area contributed by atoms with Crippen molar-refractivity contribution in [2.75, 3.05) is 24.3 Å². The minimum absolute atomic E-state index is 0.0273. The van der Waals surface area contributed by atoms with E-state index in [4.69, 9.17) is 16.3 Å². The van der Waals surface area contributed by atoms with Crippen molar-refractivity contribution in [3.63, 3.8) is 0 Å². The third-order valence-electron chi connectivity index (χ3n) is 6.60. The number of rotatable bonds is 11. The van der Waals surface area contributed by atoms with Gasteiger partial charge >= 0.3 is 0 Å². The van der Waals surface area contributed by atoms with Gasteiger partial charge in [-0.15, -0.1) is 10.2 Å². The second-order valence-electron chi connectivity index (χ2n) is 9.39. The van der Waals surface area contributed by atoms with Crippen molar-refractivity contribution < 1.29 is 23.9 Å². The summed E-state index contributed by atoms with van der Waals surface area (Å²) in [5.41, 5.74) is 2.05. The van der Waals surface area contributed by atoms with Gasteiger partial charge in [0.05, 0.1) is 40.4 Å². The monoisotopic (exact) mass is 603 g/mol. The first-order valence-electron chi connectivity index (χ1n) is 13.0. The Labute approximate surface area is 251 Å². The van der Waals surface area contributed by atoms with Crippen LogP contribution in [-0.4, -0.2) is 57.7 Å². The maximum Gasteiger partial charge on any atom is 0.266 e. The van der Waals surface area contributed by atoms with E-state index in [-0.39, 0.29) is 17.4 Å². The van der Waals surface area contributed by atoms with E-state index in [1.165, 1.54) is 25.8 Å². The molecular formula is C30H26ClN5O5S. The highest BCUT2D eigenvalue weighted by atomic mass is 35.5. The number of carbonyl (C=O) groups excluding carboxylic acids is 4. The fourth-order valence-electron chi connectivity index (χ4n) is 4.58. The van der Waals surface area contributed by atoms with Gasteiger partial charge in [0.2, 0.25) is 5.91 Å². The minimum Gasteiger partial charge on any atom is -0.495 e. The summed E-state index contributed by atoms with van der Waals surface area (Å²) in [6, 6.07) is 18.4. The molecule has 1 aliphatic rings. The minimum atomic E-state index is -0.424. The molecule has 1 aliphatic heterocycles. The van der Waals surface area contributed by atoms with E-state index >= 15 is 0 Å². The Bertz CT molecular complexity index is 1670. The predicted molar refractivity (Wildman–Crippen MR) is 159 cm³/mol. The molecule has 0 spiro atoms. The number of nitrogens with zero attached hydrogens (tertiary/aromatic N) is 4. The molecule has 0 radical (unpaired) electrons. The number of thioether (sulfide) groups is 1. The molecule has 12 heteroatoms. The number of aromatic nitrogens is 3. The van der Waals surface area contributed by atoms with Gasteiger partial charge in [0.25, 0.3) is 11.8 Å². The lowest BCUT2D eigenvalue weighted by molar-refractivity contribution is -0.118. The molecule has 4 aromatic rings. The van der Waals surface area contributed by atoms with E-state index in [1.807, 2.05) is 10.6 Å². The van der Waals surface area contributed by atoms with Gasteiger partial charge in [-0.3, -0.25) is 23.7 Å². The molecular weight excluding hydrogens is 578 g/mol. The summed E-state index contributed by atoms with van der Waals surface area (Å²) >= 11 is 7.60. The van der Waals surface area contributed by atoms with Crippen LogP contribution in [-0.2, 0) is 11.2 Å². The fourth-order valence-corrected chi connectivity index (χ4v) is 5.69. The first kappa shape index (κ1) is 29.0. The van der Waals surface area contributed by atoms with Crippen molar-refractivity contribution in [1.82, 2.24) is 20.1 Å². The number of ether oxygens (including phenoxy) is 1. The third-order valence-corrected chi connectivity index (χ3v) is 7.82. The Morgan fingerprint density at radius 2 is 1.69 bits per heavy atom. The number of anilines is 1. The molecule has 214 valence electrons. The maximum absolute atomic E-state index is 13.3. The van der Waals surface area contributed by atoms with Crippen molar-refractivity contribution in [2.24, 2.45) is 0 Å². The number of halogens is 1. The number of methoxy groups -OCH3 is 1. The van der Waals surface area contributed by atoms with Crippen molar-refractivity contribution >= 4 is 52.6 Å². The van der Waals surface area contributed by atoms with Crippen LogP contribution in [0.5, 0.6) is 5.75 Å². The number of hydrogen-bond acceptors (Lipinski definition) is 8. The van der Waals surface area contributed by atoms with Gasteiger partial charge in [0.15, 0.2) is 10.9 Å². The lowest BCUT2D eigenvalue weighted by atomic mass is 10.1. The van der Waals surface area contributed by atoms with Crippen molar-refractivity contribution in [3.8, 4) is 11.4 Å². The average Bonchev–Trinajstić information content (AvgIpc) is 3.51. The Morgan fingerprint density at radius 3 is 2.36 bits per heavy atom. The number of aryl methyl sites for hydroxylation is 1. The quantitative estimate of drug-likeness (QED) is 0.112. The summed E-state index contributed by atoms with van der Waals surface area (Å²) in [6.45, 7) is 1.94. The van der Waals surface area contributed by atoms with Gasteiger partial charge in [-0.25, -0.2) is 4.90 Å². The zero-order valence-corrected chi connectivity index (χ0v) is 24.4. The van der Waals surface area contributed by atoms with Crippen LogP contribution in [0.3, 0.4) is 0 Å². The number of nitrogens with one attached hydrogen (secondary N) is 1. The first-order valence-corrected chi connectivity index (χ1v) is 14.4. The summed E-state index contributed by atoms with van der Waals surface area (Å²) in [6.07, 6.45) is 1.16. The normalized spacial score (nSPS) is 12.4. The highest BCUT2D eigenvalue weighted by Gasteiger charge is 2.36. The second-order valence-corrected chi connectivity index (χ2v) is 10.7. The van der Waals surface area contributed by atoms with Crippen LogP contribution in [0, 0.1) is 0 Å². The van der Waals surface area contributed by atoms with Gasteiger partial charge in [0.1, 0.15) is 11.6 Å². The molecule has 5 rings (SSSR count). The molecule has 0 saturated heterocycles. The molecule has 0 bridgehead atoms. The molecule has 3 aromatic carbocycles. The fraction of sp³-hybridized carbons (Fsp3) is 0.200. The molecule has 0 unspecified atom stereocenters. The number of carbonyl (C=O) groups is 4. The number of amides is 3. The Balaban J connectivity index is 1.35. The first-order chi connectivity index (χ1) is 20.3. The van der Waals surface area contributed by atoms with E-state index in [0.717, 1.165) is 4.90 Å². The summed E-state index contributed by atoms with van der Waals surface area (Å²) < 4.78 is 7.10. The molecule has 3 amide bonds. The van der Waals surface area contributed by atoms with Crippen LogP contribution < -0.4 is 15.0 Å². The topological polar surface area (TPSA) is 123 Å². The number of fused-ring (bicyclic) bond motifs is 1. The predicted octanol–water partition coefficient (Wildman–Crippen LogP) is 4.77. The van der Waals surface area contributed by atoms with Crippen molar-refractivity contribution in [3.05, 3.63) is 94.3 Å². The SMILES string of the molecule is COc1ccc(-n2c(CCCNC(C)=O)nnc2SCC(=O)c2cccc(N3C(=O)c4ccccc4C3=O)c2)cc1Cl. The summed E-state index contributed by atoms with van der Waals surface area (Å²) in [4.78, 5) is 51.5. The number of benzene rings is 3. The molecule has 10 nitrogen and oxygen atoms in total. The van der Waals surface area contributed by atoms with Crippen molar-refractivity contribution in [1.29, 1.82) is 0 Å². The van der Waals surface area contributed by atoms with Crippen LogP contribution in [0.2, 0.25) is 5.02 Å². The average molecular weight is 604 g/mol. The molecule has 0 fully saturated rings. The zero-order chi connectivity index (χ0) is 29.8. The van der Waals surface area contributed by atoms with Gasteiger partial charge in [-0.2, -0.15) is 0 Å². The van der Waals surface area contributed by atoms with Crippen LogP contribution in [0.1, 0.15) is 50.2 Å². The van der Waals surface area contributed by atoms with E-state index in [2.05, 4.69) is 15.5 Å². The summed E-state index contributed by atoms with van der Waals surface area (Å²) in [5.74, 6) is 0.0126. The van der Waals surface area contributed by atoms with E-state index in [0.29, 0.717) is 69.2 Å². The Morgan fingerprint density at radius 1 is 0.952 bits per heavy atom. The number of imide groups is 1. The number of Topliss-reactive ketones (excluding diaryl/α,β-unsaturated/α-hetero) is 1. The molecule has 42 heavy (non-hydrogen) atoms. The smallest absolute Gasteiger partial charge is 0.266 e. The van der Waals surface area contributed by atoms with Crippen LogP contribution in [0.15, 0.2) is 71.9 Å². The highest BCUT2D eigenvalue weighted by Crippen LogP contribution is 2.31. The molecule has 1 N–H and O–H groups in total. The van der Waals surface area contributed by atoms with Crippen LogP contribution in [0.4, 0.5) is 5.69 Å². The molecule has 0 saturated carbocycles. The second kappa shape index (κ2) is 12.6. The highest BCUT2D eigenvalue weighted by molar-refractivity contribution is 7.99. The zero-order valence-electron chi connectivity index (χ0n) is 22.8. The maximum atomic E-state index is 13.3. The standard InChI is InChI=1S/C30H26ClN5O5S/c1-18(37)32-14-6-11-27-33-34-30(35(27)21-12-13-26(41-2)24(31)16-21)42-17-25(38)19-7-5-8-20(15-19)36-28(39)22-9-3-4-10-23(22)29(36)40/h3-5,7-10,12-13,15-16H,6,11,14,17H2,1-2H3,(H,32,37). The largest absolute Gasteiger partial charge is 0.495 e. The molecule has 0 atom stereocenters. The molecule has 1 aromatic heterocycles. The Hall–Kier alpha value is -4.48.